The Morgan fingerprint density at radius 3 is 2.48 bits per heavy atom. The van der Waals surface area contributed by atoms with Crippen LogP contribution in [0.15, 0.2) is 24.3 Å². The maximum absolute atomic E-state index is 10.4. The summed E-state index contributed by atoms with van der Waals surface area (Å²) in [6.45, 7) is 5.80. The van der Waals surface area contributed by atoms with Crippen LogP contribution in [0.3, 0.4) is 0 Å². The second-order valence-corrected chi connectivity index (χ2v) is 6.32. The molecular weight excluding hydrogens is 262 g/mol. The molecule has 118 valence electrons. The van der Waals surface area contributed by atoms with Crippen molar-refractivity contribution in [1.29, 1.82) is 0 Å². The molecule has 3 nitrogen and oxygen atoms in total. The molecule has 1 saturated carbocycles. The smallest absolute Gasteiger partial charge is 0.119 e. The van der Waals surface area contributed by atoms with Gasteiger partial charge in [-0.1, -0.05) is 38.3 Å². The Morgan fingerprint density at radius 1 is 1.19 bits per heavy atom. The molecule has 1 aromatic rings. The van der Waals surface area contributed by atoms with E-state index in [2.05, 4.69) is 31.3 Å². The second-order valence-electron chi connectivity index (χ2n) is 6.32. The summed E-state index contributed by atoms with van der Waals surface area (Å²) in [5.41, 5.74) is 0.652. The maximum Gasteiger partial charge on any atom is 0.119 e. The molecule has 0 bridgehead atoms. The fraction of sp³-hybridized carbons (Fsp3) is 0.667. The molecule has 1 atom stereocenters. The highest BCUT2D eigenvalue weighted by molar-refractivity contribution is 5.29. The predicted octanol–water partition coefficient (Wildman–Crippen LogP) is 3.82. The van der Waals surface area contributed by atoms with Gasteiger partial charge in [0.05, 0.1) is 5.60 Å². The van der Waals surface area contributed by atoms with Crippen molar-refractivity contribution in [3.05, 3.63) is 29.8 Å². The zero-order valence-corrected chi connectivity index (χ0v) is 13.4. The average Bonchev–Trinajstić information content (AvgIpc) is 2.52. The molecule has 0 radical (unpaired) electrons. The van der Waals surface area contributed by atoms with Crippen LogP contribution in [0.2, 0.25) is 0 Å². The Balaban J connectivity index is 1.84. The van der Waals surface area contributed by atoms with Crippen LogP contribution >= 0.6 is 0 Å². The van der Waals surface area contributed by atoms with Crippen molar-refractivity contribution in [1.82, 2.24) is 5.32 Å². The van der Waals surface area contributed by atoms with E-state index in [9.17, 15) is 5.11 Å². The highest BCUT2D eigenvalue weighted by Gasteiger charge is 2.29. The lowest BCUT2D eigenvalue weighted by Gasteiger charge is -2.31. The lowest BCUT2D eigenvalue weighted by molar-refractivity contribution is -0.0339. The summed E-state index contributed by atoms with van der Waals surface area (Å²) < 4.78 is 5.79. The fourth-order valence-electron chi connectivity index (χ4n) is 2.90. The fourth-order valence-corrected chi connectivity index (χ4v) is 2.90. The molecule has 0 amide bonds. The van der Waals surface area contributed by atoms with Gasteiger partial charge in [0.2, 0.25) is 0 Å². The van der Waals surface area contributed by atoms with Crippen molar-refractivity contribution in [2.24, 2.45) is 0 Å². The predicted molar refractivity (Wildman–Crippen MR) is 86.7 cm³/mol. The van der Waals surface area contributed by atoms with Crippen molar-refractivity contribution < 1.29 is 9.84 Å². The van der Waals surface area contributed by atoms with E-state index in [1.807, 2.05) is 12.1 Å². The first kappa shape index (κ1) is 16.3. The summed E-state index contributed by atoms with van der Waals surface area (Å²) in [5, 5.41) is 13.9. The van der Waals surface area contributed by atoms with Crippen molar-refractivity contribution in [3.8, 4) is 5.75 Å². The lowest BCUT2D eigenvalue weighted by Crippen LogP contribution is -2.37. The van der Waals surface area contributed by atoms with Crippen molar-refractivity contribution >= 4 is 0 Å². The molecule has 0 heterocycles. The minimum absolute atomic E-state index is 0.363. The molecule has 1 aliphatic rings. The van der Waals surface area contributed by atoms with Crippen LogP contribution in [0.4, 0.5) is 0 Å². The Morgan fingerprint density at radius 2 is 1.86 bits per heavy atom. The third-order valence-electron chi connectivity index (χ3n) is 4.37. The van der Waals surface area contributed by atoms with Crippen LogP contribution < -0.4 is 10.1 Å². The second kappa shape index (κ2) is 7.81. The van der Waals surface area contributed by atoms with Gasteiger partial charge in [-0.2, -0.15) is 0 Å². The van der Waals surface area contributed by atoms with E-state index in [4.69, 9.17) is 4.74 Å². The van der Waals surface area contributed by atoms with Gasteiger partial charge in [0.15, 0.2) is 0 Å². The Hall–Kier alpha value is -1.06. The summed E-state index contributed by atoms with van der Waals surface area (Å²) in [4.78, 5) is 0. The standard InChI is InChI=1S/C18H29NO2/c1-3-13-19-15(2)16-7-9-17(10-8-16)21-14-18(20)11-5-4-6-12-18/h7-10,15,19-20H,3-6,11-14H2,1-2H3. The van der Waals surface area contributed by atoms with Gasteiger partial charge in [-0.15, -0.1) is 0 Å². The highest BCUT2D eigenvalue weighted by Crippen LogP contribution is 2.29. The number of aliphatic hydroxyl groups is 1. The largest absolute Gasteiger partial charge is 0.491 e. The molecule has 1 aromatic carbocycles. The summed E-state index contributed by atoms with van der Waals surface area (Å²) in [6.07, 6.45) is 6.33. The first-order chi connectivity index (χ1) is 10.1. The van der Waals surface area contributed by atoms with Gasteiger partial charge in [0.1, 0.15) is 12.4 Å². The molecule has 21 heavy (non-hydrogen) atoms. The minimum atomic E-state index is -0.618. The number of ether oxygens (including phenoxy) is 1. The van der Waals surface area contributed by atoms with E-state index in [-0.39, 0.29) is 0 Å². The monoisotopic (exact) mass is 291 g/mol. The molecule has 0 saturated heterocycles. The van der Waals surface area contributed by atoms with Crippen molar-refractivity contribution in [2.75, 3.05) is 13.2 Å². The van der Waals surface area contributed by atoms with E-state index in [1.54, 1.807) is 0 Å². The van der Waals surface area contributed by atoms with Gasteiger partial charge in [0, 0.05) is 6.04 Å². The molecule has 0 spiro atoms. The molecule has 0 aliphatic heterocycles. The van der Waals surface area contributed by atoms with Crippen LogP contribution in [-0.4, -0.2) is 23.9 Å². The topological polar surface area (TPSA) is 41.5 Å². The molecule has 2 rings (SSSR count). The van der Waals surface area contributed by atoms with E-state index < -0.39 is 5.60 Å². The van der Waals surface area contributed by atoms with Gasteiger partial charge in [-0.25, -0.2) is 0 Å². The summed E-state index contributed by atoms with van der Waals surface area (Å²) >= 11 is 0. The van der Waals surface area contributed by atoms with Crippen LogP contribution in [0.5, 0.6) is 5.75 Å². The van der Waals surface area contributed by atoms with E-state index >= 15 is 0 Å². The maximum atomic E-state index is 10.4. The van der Waals surface area contributed by atoms with E-state index in [0.717, 1.165) is 44.4 Å². The summed E-state index contributed by atoms with van der Waals surface area (Å²) in [5.74, 6) is 0.848. The summed E-state index contributed by atoms with van der Waals surface area (Å²) in [6, 6.07) is 8.58. The molecule has 1 aliphatic carbocycles. The molecular formula is C18H29NO2. The SMILES string of the molecule is CCCNC(C)c1ccc(OCC2(O)CCCCC2)cc1. The zero-order valence-electron chi connectivity index (χ0n) is 13.4. The van der Waals surface area contributed by atoms with Crippen molar-refractivity contribution in [2.45, 2.75) is 64.0 Å². The van der Waals surface area contributed by atoms with Gasteiger partial charge < -0.3 is 15.2 Å². The Labute approximate surface area is 128 Å². The Bertz CT molecular complexity index is 410. The third-order valence-corrected chi connectivity index (χ3v) is 4.37. The molecule has 1 unspecified atom stereocenters. The number of hydrogen-bond donors (Lipinski definition) is 2. The van der Waals surface area contributed by atoms with Crippen LogP contribution in [0, 0.1) is 0 Å². The number of rotatable bonds is 7. The molecule has 3 heteroatoms. The quantitative estimate of drug-likeness (QED) is 0.802. The molecule has 0 aromatic heterocycles. The van der Waals surface area contributed by atoms with Gasteiger partial charge in [-0.3, -0.25) is 0 Å². The number of hydrogen-bond acceptors (Lipinski definition) is 3. The molecule has 1 fully saturated rings. The Kier molecular flexibility index (Phi) is 6.07. The molecule has 2 N–H and O–H groups in total. The zero-order chi connectivity index (χ0) is 15.1. The first-order valence-corrected chi connectivity index (χ1v) is 8.31. The van der Waals surface area contributed by atoms with Gasteiger partial charge >= 0.3 is 0 Å². The lowest BCUT2D eigenvalue weighted by atomic mass is 9.85. The summed E-state index contributed by atoms with van der Waals surface area (Å²) in [7, 11) is 0. The average molecular weight is 291 g/mol. The van der Waals surface area contributed by atoms with Crippen LogP contribution in [-0.2, 0) is 0 Å². The van der Waals surface area contributed by atoms with Gasteiger partial charge in [-0.05, 0) is 50.4 Å². The normalized spacial score (nSPS) is 19.2. The minimum Gasteiger partial charge on any atom is -0.491 e. The van der Waals surface area contributed by atoms with Crippen LogP contribution in [0.25, 0.3) is 0 Å². The van der Waals surface area contributed by atoms with Crippen molar-refractivity contribution in [3.63, 3.8) is 0 Å². The van der Waals surface area contributed by atoms with E-state index in [0.29, 0.717) is 12.6 Å². The van der Waals surface area contributed by atoms with E-state index in [1.165, 1.54) is 12.0 Å². The first-order valence-electron chi connectivity index (χ1n) is 8.31. The third kappa shape index (κ3) is 5.01. The highest BCUT2D eigenvalue weighted by atomic mass is 16.5. The number of nitrogens with one attached hydrogen (secondary N) is 1. The van der Waals surface area contributed by atoms with Crippen LogP contribution in [0.1, 0.15) is 64.0 Å². The number of benzene rings is 1. The van der Waals surface area contributed by atoms with Gasteiger partial charge in [0.25, 0.3) is 0 Å².